The lowest BCUT2D eigenvalue weighted by Gasteiger charge is -2.41. The van der Waals surface area contributed by atoms with E-state index in [1.165, 1.54) is 62.3 Å². The van der Waals surface area contributed by atoms with Crippen LogP contribution in [0.5, 0.6) is 0 Å². The predicted octanol–water partition coefficient (Wildman–Crippen LogP) is 1.10. The fourth-order valence-electron chi connectivity index (χ4n) is 3.90. The van der Waals surface area contributed by atoms with Gasteiger partial charge in [0.15, 0.2) is 0 Å². The quantitative estimate of drug-likeness (QED) is 0.618. The van der Waals surface area contributed by atoms with E-state index < -0.39 is 11.0 Å². The molecule has 0 aromatic carbocycles. The number of aliphatic hydroxyl groups excluding tert-OH is 1. The lowest BCUT2D eigenvalue weighted by atomic mass is 10.0. The molecule has 3 heterocycles. The van der Waals surface area contributed by atoms with Crippen LogP contribution in [-0.4, -0.2) is 74.5 Å². The van der Waals surface area contributed by atoms with Crippen molar-refractivity contribution in [1.82, 2.24) is 19.6 Å². The van der Waals surface area contributed by atoms with Crippen LogP contribution in [0, 0.1) is 10.1 Å². The molecule has 1 aromatic heterocycles. The van der Waals surface area contributed by atoms with Crippen molar-refractivity contribution in [3.63, 3.8) is 0 Å². The molecule has 0 amide bonds. The monoisotopic (exact) mass is 337 g/mol. The molecule has 8 nitrogen and oxygen atoms in total. The third kappa shape index (κ3) is 4.52. The number of hydrogen-bond acceptors (Lipinski definition) is 6. The molecule has 0 aliphatic carbocycles. The topological polar surface area (TPSA) is 87.7 Å². The maximum absolute atomic E-state index is 10.7. The van der Waals surface area contributed by atoms with Crippen molar-refractivity contribution in [2.75, 3.05) is 32.7 Å². The maximum Gasteiger partial charge on any atom is 0.306 e. The summed E-state index contributed by atoms with van der Waals surface area (Å²) in [5, 5.41) is 24.9. The zero-order chi connectivity index (χ0) is 16.9. The molecule has 24 heavy (non-hydrogen) atoms. The second-order valence-corrected chi connectivity index (χ2v) is 6.98. The lowest BCUT2D eigenvalue weighted by molar-refractivity contribution is -0.385. The number of aromatic nitrogens is 2. The van der Waals surface area contributed by atoms with Crippen molar-refractivity contribution in [1.29, 1.82) is 0 Å². The van der Waals surface area contributed by atoms with Gasteiger partial charge < -0.3 is 5.11 Å². The van der Waals surface area contributed by atoms with Crippen LogP contribution in [-0.2, 0) is 6.54 Å². The average Bonchev–Trinajstić information content (AvgIpc) is 3.04. The fraction of sp³-hybridized carbons (Fsp3) is 0.812. The first-order valence-electron chi connectivity index (χ1n) is 8.93. The molecule has 0 spiro atoms. The first kappa shape index (κ1) is 17.3. The third-order valence-electron chi connectivity index (χ3n) is 5.08. The summed E-state index contributed by atoms with van der Waals surface area (Å²) >= 11 is 0. The molecule has 0 radical (unpaired) electrons. The Labute approximate surface area is 142 Å². The van der Waals surface area contributed by atoms with Crippen LogP contribution >= 0.6 is 0 Å². The van der Waals surface area contributed by atoms with Crippen molar-refractivity contribution in [3.8, 4) is 0 Å². The minimum atomic E-state index is -0.565. The molecule has 134 valence electrons. The number of β-amino-alcohol motifs (C(OH)–C–C–N with tert-alkyl or cyclic N) is 1. The van der Waals surface area contributed by atoms with Crippen LogP contribution in [0.2, 0.25) is 0 Å². The maximum atomic E-state index is 10.7. The molecule has 2 saturated heterocycles. The van der Waals surface area contributed by atoms with E-state index in [1.807, 2.05) is 0 Å². The molecule has 2 aliphatic heterocycles. The fourth-order valence-corrected chi connectivity index (χ4v) is 3.90. The van der Waals surface area contributed by atoms with E-state index >= 15 is 0 Å². The van der Waals surface area contributed by atoms with Crippen LogP contribution in [0.4, 0.5) is 5.69 Å². The summed E-state index contributed by atoms with van der Waals surface area (Å²) in [6.45, 7) is 5.32. The number of piperidine rings is 2. The summed E-state index contributed by atoms with van der Waals surface area (Å²) in [5.74, 6) is 0. The van der Waals surface area contributed by atoms with Gasteiger partial charge in [0.1, 0.15) is 12.4 Å². The van der Waals surface area contributed by atoms with E-state index in [-0.39, 0.29) is 5.69 Å². The molecule has 2 atom stereocenters. The Morgan fingerprint density at radius 3 is 2.75 bits per heavy atom. The van der Waals surface area contributed by atoms with Crippen molar-refractivity contribution >= 4 is 5.69 Å². The van der Waals surface area contributed by atoms with Crippen LogP contribution in [0.15, 0.2) is 12.4 Å². The minimum absolute atomic E-state index is 0.0367. The Hall–Kier alpha value is -1.51. The minimum Gasteiger partial charge on any atom is -0.390 e. The van der Waals surface area contributed by atoms with E-state index in [0.717, 1.165) is 13.1 Å². The summed E-state index contributed by atoms with van der Waals surface area (Å²) in [6.07, 6.45) is 8.40. The average molecular weight is 337 g/mol. The molecule has 1 aromatic rings. The van der Waals surface area contributed by atoms with Crippen LogP contribution in [0.25, 0.3) is 0 Å². The Morgan fingerprint density at radius 1 is 1.25 bits per heavy atom. The molecule has 0 bridgehead atoms. The highest BCUT2D eigenvalue weighted by atomic mass is 16.6. The van der Waals surface area contributed by atoms with Crippen molar-refractivity contribution in [2.45, 2.75) is 50.8 Å². The summed E-state index contributed by atoms with van der Waals surface area (Å²) in [6, 6.07) is 0.608. The molecule has 1 N–H and O–H groups in total. The van der Waals surface area contributed by atoms with Gasteiger partial charge in [-0.25, -0.2) is 0 Å². The summed E-state index contributed by atoms with van der Waals surface area (Å²) < 4.78 is 1.45. The van der Waals surface area contributed by atoms with Crippen molar-refractivity contribution in [2.24, 2.45) is 0 Å². The molecule has 3 rings (SSSR count). The van der Waals surface area contributed by atoms with Crippen LogP contribution in [0.1, 0.15) is 32.1 Å². The first-order chi connectivity index (χ1) is 11.6. The number of rotatable bonds is 6. The van der Waals surface area contributed by atoms with Gasteiger partial charge in [0, 0.05) is 19.1 Å². The SMILES string of the molecule is O=[N+]([O-])c1cnn(C[C@H](O)CN2CCC[C@@H](N3CCCCC3)C2)c1. The molecular formula is C16H27N5O3. The standard InChI is InChI=1S/C16H27N5O3/c22-16(13-20-11-15(9-17-20)21(23)24)12-18-6-4-5-14(10-18)19-7-2-1-3-8-19/h9,11,14,16,22H,1-8,10,12-13H2/t14-,16-/m1/s1. The number of nitro groups is 1. The first-order valence-corrected chi connectivity index (χ1v) is 8.93. The largest absolute Gasteiger partial charge is 0.390 e. The highest BCUT2D eigenvalue weighted by Gasteiger charge is 2.27. The second-order valence-electron chi connectivity index (χ2n) is 6.98. The van der Waals surface area contributed by atoms with Crippen LogP contribution in [0.3, 0.4) is 0 Å². The Morgan fingerprint density at radius 2 is 2.04 bits per heavy atom. The van der Waals surface area contributed by atoms with Gasteiger partial charge in [-0.15, -0.1) is 0 Å². The summed E-state index contributed by atoms with van der Waals surface area (Å²) in [5.41, 5.74) is -0.0367. The number of hydrogen-bond donors (Lipinski definition) is 1. The van der Waals surface area contributed by atoms with Gasteiger partial charge in [-0.05, 0) is 45.3 Å². The Bertz CT molecular complexity index is 544. The van der Waals surface area contributed by atoms with Gasteiger partial charge in [-0.1, -0.05) is 6.42 Å². The van der Waals surface area contributed by atoms with Gasteiger partial charge in [0.2, 0.25) is 0 Å². The van der Waals surface area contributed by atoms with Gasteiger partial charge in [-0.3, -0.25) is 24.6 Å². The molecular weight excluding hydrogens is 310 g/mol. The second kappa shape index (κ2) is 8.04. The van der Waals surface area contributed by atoms with Gasteiger partial charge >= 0.3 is 5.69 Å². The van der Waals surface area contributed by atoms with Gasteiger partial charge in [0.25, 0.3) is 0 Å². The van der Waals surface area contributed by atoms with Crippen LogP contribution < -0.4 is 0 Å². The van der Waals surface area contributed by atoms with Crippen molar-refractivity contribution in [3.05, 3.63) is 22.5 Å². The van der Waals surface area contributed by atoms with Gasteiger partial charge in [0.05, 0.1) is 17.6 Å². The zero-order valence-electron chi connectivity index (χ0n) is 14.1. The zero-order valence-corrected chi connectivity index (χ0v) is 14.1. The summed E-state index contributed by atoms with van der Waals surface area (Å²) in [4.78, 5) is 15.1. The number of nitrogens with zero attached hydrogens (tertiary/aromatic N) is 5. The van der Waals surface area contributed by atoms with Gasteiger partial charge in [-0.2, -0.15) is 5.10 Å². The van der Waals surface area contributed by atoms with E-state index in [9.17, 15) is 15.2 Å². The predicted molar refractivity (Wildman–Crippen MR) is 89.8 cm³/mol. The van der Waals surface area contributed by atoms with Crippen molar-refractivity contribution < 1.29 is 10.0 Å². The van der Waals surface area contributed by atoms with E-state index in [0.29, 0.717) is 19.1 Å². The van der Waals surface area contributed by atoms with E-state index in [4.69, 9.17) is 0 Å². The Kier molecular flexibility index (Phi) is 5.80. The van der Waals surface area contributed by atoms with E-state index in [1.54, 1.807) is 0 Å². The Balaban J connectivity index is 1.48. The molecule has 0 saturated carbocycles. The molecule has 0 unspecified atom stereocenters. The lowest BCUT2D eigenvalue weighted by Crippen LogP contribution is -2.51. The molecule has 2 aliphatic rings. The highest BCUT2D eigenvalue weighted by molar-refractivity contribution is 5.20. The van der Waals surface area contributed by atoms with E-state index in [2.05, 4.69) is 14.9 Å². The number of likely N-dealkylation sites (tertiary alicyclic amines) is 2. The summed E-state index contributed by atoms with van der Waals surface area (Å²) in [7, 11) is 0. The smallest absolute Gasteiger partial charge is 0.306 e. The highest BCUT2D eigenvalue weighted by Crippen LogP contribution is 2.20. The molecule has 2 fully saturated rings. The third-order valence-corrected chi connectivity index (χ3v) is 5.08. The normalized spacial score (nSPS) is 24.8. The molecule has 8 heteroatoms. The number of aliphatic hydroxyl groups is 1.